The molecule has 4 heteroatoms. The van der Waals surface area contributed by atoms with Crippen molar-refractivity contribution < 1.29 is 0 Å². The van der Waals surface area contributed by atoms with Crippen LogP contribution in [0, 0.1) is 0 Å². The summed E-state index contributed by atoms with van der Waals surface area (Å²) in [6, 6.07) is 10.6. The number of hydrogen-bond donors (Lipinski definition) is 1. The predicted octanol–water partition coefficient (Wildman–Crippen LogP) is 2.64. The molecule has 17 heavy (non-hydrogen) atoms. The van der Waals surface area contributed by atoms with E-state index in [1.807, 2.05) is 11.8 Å². The number of rotatable bonds is 5. The van der Waals surface area contributed by atoms with Crippen molar-refractivity contribution in [2.75, 3.05) is 11.6 Å². The SMILES string of the molecule is NN1CSCC(CCCCc2ccccc2)=N1. The third kappa shape index (κ3) is 4.40. The lowest BCUT2D eigenvalue weighted by atomic mass is 10.1. The highest BCUT2D eigenvalue weighted by molar-refractivity contribution is 7.99. The molecular formula is C13H19N3S. The van der Waals surface area contributed by atoms with Crippen molar-refractivity contribution in [2.45, 2.75) is 25.7 Å². The van der Waals surface area contributed by atoms with Gasteiger partial charge in [-0.25, -0.2) is 11.0 Å². The molecule has 3 nitrogen and oxygen atoms in total. The van der Waals surface area contributed by atoms with Crippen molar-refractivity contribution in [3.8, 4) is 0 Å². The maximum absolute atomic E-state index is 5.65. The van der Waals surface area contributed by atoms with Crippen molar-refractivity contribution in [3.63, 3.8) is 0 Å². The second-order valence-electron chi connectivity index (χ2n) is 4.28. The zero-order valence-corrected chi connectivity index (χ0v) is 10.8. The van der Waals surface area contributed by atoms with E-state index in [0.29, 0.717) is 0 Å². The molecule has 1 heterocycles. The van der Waals surface area contributed by atoms with Crippen LogP contribution in [0.4, 0.5) is 0 Å². The van der Waals surface area contributed by atoms with Crippen LogP contribution in [0.25, 0.3) is 0 Å². The Morgan fingerprint density at radius 2 is 1.94 bits per heavy atom. The topological polar surface area (TPSA) is 41.6 Å². The van der Waals surface area contributed by atoms with E-state index in [1.54, 1.807) is 5.12 Å². The molecule has 0 saturated carbocycles. The van der Waals surface area contributed by atoms with Gasteiger partial charge in [0, 0.05) is 11.5 Å². The molecule has 0 aromatic heterocycles. The molecule has 0 bridgehead atoms. The maximum Gasteiger partial charge on any atom is 0.0987 e. The summed E-state index contributed by atoms with van der Waals surface area (Å²) in [5.74, 6) is 7.50. The molecule has 1 aliphatic rings. The molecule has 0 spiro atoms. The summed E-state index contributed by atoms with van der Waals surface area (Å²) in [7, 11) is 0. The number of hydrazone groups is 1. The Kier molecular flexibility index (Phi) is 4.88. The average Bonchev–Trinajstić information content (AvgIpc) is 2.36. The number of aryl methyl sites for hydroxylation is 1. The maximum atomic E-state index is 5.65. The van der Waals surface area contributed by atoms with Gasteiger partial charge in [-0.1, -0.05) is 30.3 Å². The van der Waals surface area contributed by atoms with Crippen LogP contribution in [0.1, 0.15) is 24.8 Å². The molecule has 0 atom stereocenters. The fourth-order valence-corrected chi connectivity index (χ4v) is 2.70. The first-order valence-corrected chi connectivity index (χ1v) is 7.20. The van der Waals surface area contributed by atoms with E-state index < -0.39 is 0 Å². The van der Waals surface area contributed by atoms with Gasteiger partial charge in [-0.15, -0.1) is 11.8 Å². The third-order valence-electron chi connectivity index (χ3n) is 2.79. The lowest BCUT2D eigenvalue weighted by Crippen LogP contribution is -2.30. The summed E-state index contributed by atoms with van der Waals surface area (Å²) in [6.45, 7) is 0. The van der Waals surface area contributed by atoms with Gasteiger partial charge in [-0.05, 0) is 31.2 Å². The standard InChI is InChI=1S/C13H19N3S/c14-16-11-17-10-13(15-16)9-5-4-8-12-6-2-1-3-7-12/h1-3,6-7H,4-5,8-11,14H2. The Hall–Kier alpha value is -1.00. The molecular weight excluding hydrogens is 230 g/mol. The third-order valence-corrected chi connectivity index (χ3v) is 3.77. The minimum absolute atomic E-state index is 0.813. The average molecular weight is 249 g/mol. The largest absolute Gasteiger partial charge is 0.231 e. The van der Waals surface area contributed by atoms with Gasteiger partial charge in [-0.3, -0.25) is 0 Å². The zero-order valence-electron chi connectivity index (χ0n) is 10.0. The number of hydrazine groups is 1. The van der Waals surface area contributed by atoms with Gasteiger partial charge >= 0.3 is 0 Å². The summed E-state index contributed by atoms with van der Waals surface area (Å²) in [4.78, 5) is 0. The first kappa shape index (κ1) is 12.5. The summed E-state index contributed by atoms with van der Waals surface area (Å²) < 4.78 is 0. The van der Waals surface area contributed by atoms with E-state index in [2.05, 4.69) is 35.4 Å². The molecule has 0 fully saturated rings. The number of benzene rings is 1. The van der Waals surface area contributed by atoms with Crippen LogP contribution in [-0.4, -0.2) is 22.5 Å². The van der Waals surface area contributed by atoms with Crippen molar-refractivity contribution in [3.05, 3.63) is 35.9 Å². The Labute approximate surface area is 107 Å². The molecule has 92 valence electrons. The molecule has 0 unspecified atom stereocenters. The van der Waals surface area contributed by atoms with Crippen molar-refractivity contribution >= 4 is 17.5 Å². The van der Waals surface area contributed by atoms with Gasteiger partial charge in [-0.2, -0.15) is 5.10 Å². The Morgan fingerprint density at radius 1 is 1.18 bits per heavy atom. The van der Waals surface area contributed by atoms with Crippen LogP contribution < -0.4 is 5.84 Å². The number of unbranched alkanes of at least 4 members (excludes halogenated alkanes) is 1. The lowest BCUT2D eigenvalue weighted by molar-refractivity contribution is 0.351. The van der Waals surface area contributed by atoms with Gasteiger partial charge in [0.15, 0.2) is 0 Å². The van der Waals surface area contributed by atoms with Gasteiger partial charge in [0.2, 0.25) is 0 Å². The molecule has 0 amide bonds. The monoisotopic (exact) mass is 249 g/mol. The Morgan fingerprint density at radius 3 is 2.71 bits per heavy atom. The van der Waals surface area contributed by atoms with Crippen LogP contribution in [0.3, 0.4) is 0 Å². The minimum Gasteiger partial charge on any atom is -0.231 e. The van der Waals surface area contributed by atoms with Gasteiger partial charge in [0.25, 0.3) is 0 Å². The van der Waals surface area contributed by atoms with Crippen LogP contribution in [0.2, 0.25) is 0 Å². The Bertz CT molecular complexity index is 364. The van der Waals surface area contributed by atoms with E-state index >= 15 is 0 Å². The van der Waals surface area contributed by atoms with Crippen LogP contribution >= 0.6 is 11.8 Å². The molecule has 2 N–H and O–H groups in total. The first-order valence-electron chi connectivity index (χ1n) is 6.05. The predicted molar refractivity (Wildman–Crippen MR) is 74.8 cm³/mol. The lowest BCUT2D eigenvalue weighted by Gasteiger charge is -2.19. The quantitative estimate of drug-likeness (QED) is 0.644. The zero-order chi connectivity index (χ0) is 11.9. The molecule has 1 aliphatic heterocycles. The van der Waals surface area contributed by atoms with Crippen LogP contribution in [0.15, 0.2) is 35.4 Å². The summed E-state index contributed by atoms with van der Waals surface area (Å²) in [5.41, 5.74) is 2.66. The fourth-order valence-electron chi connectivity index (χ4n) is 1.92. The normalized spacial score (nSPS) is 15.8. The summed E-state index contributed by atoms with van der Waals surface area (Å²) >= 11 is 1.84. The van der Waals surface area contributed by atoms with Gasteiger partial charge < -0.3 is 0 Å². The molecule has 1 aromatic carbocycles. The smallest absolute Gasteiger partial charge is 0.0987 e. The number of nitrogens with two attached hydrogens (primary N) is 1. The molecule has 0 saturated heterocycles. The number of hydrogen-bond acceptors (Lipinski definition) is 4. The van der Waals surface area contributed by atoms with E-state index in [9.17, 15) is 0 Å². The fraction of sp³-hybridized carbons (Fsp3) is 0.462. The highest BCUT2D eigenvalue weighted by atomic mass is 32.2. The summed E-state index contributed by atoms with van der Waals surface area (Å²) in [6.07, 6.45) is 4.65. The highest BCUT2D eigenvalue weighted by Gasteiger charge is 2.08. The second kappa shape index (κ2) is 6.67. The summed E-state index contributed by atoms with van der Waals surface area (Å²) in [5, 5.41) is 5.88. The number of nitrogens with zero attached hydrogens (tertiary/aromatic N) is 2. The molecule has 2 rings (SSSR count). The van der Waals surface area contributed by atoms with E-state index in [0.717, 1.165) is 24.5 Å². The van der Waals surface area contributed by atoms with Gasteiger partial charge in [0.1, 0.15) is 0 Å². The molecule has 0 aliphatic carbocycles. The molecule has 0 radical (unpaired) electrons. The van der Waals surface area contributed by atoms with E-state index in [-0.39, 0.29) is 0 Å². The van der Waals surface area contributed by atoms with E-state index in [4.69, 9.17) is 5.84 Å². The van der Waals surface area contributed by atoms with Crippen molar-refractivity contribution in [2.24, 2.45) is 10.9 Å². The van der Waals surface area contributed by atoms with Crippen molar-refractivity contribution in [1.29, 1.82) is 0 Å². The van der Waals surface area contributed by atoms with Gasteiger partial charge in [0.05, 0.1) is 5.88 Å². The van der Waals surface area contributed by atoms with Crippen LogP contribution in [-0.2, 0) is 6.42 Å². The first-order chi connectivity index (χ1) is 8.34. The van der Waals surface area contributed by atoms with E-state index in [1.165, 1.54) is 24.1 Å². The Balaban J connectivity index is 1.66. The second-order valence-corrected chi connectivity index (χ2v) is 5.23. The minimum atomic E-state index is 0.813. The molecule has 1 aromatic rings. The number of thioether (sulfide) groups is 1. The van der Waals surface area contributed by atoms with Crippen LogP contribution in [0.5, 0.6) is 0 Å². The highest BCUT2D eigenvalue weighted by Crippen LogP contribution is 2.13. The van der Waals surface area contributed by atoms with Crippen molar-refractivity contribution in [1.82, 2.24) is 5.12 Å².